The molecule has 0 aliphatic heterocycles. The zero-order valence-electron chi connectivity index (χ0n) is 13.3. The summed E-state index contributed by atoms with van der Waals surface area (Å²) in [6, 6.07) is 4.39. The van der Waals surface area contributed by atoms with E-state index in [2.05, 4.69) is 0 Å². The first-order valence-corrected chi connectivity index (χ1v) is 7.03. The first-order chi connectivity index (χ1) is 10.3. The van der Waals surface area contributed by atoms with Gasteiger partial charge in [0.15, 0.2) is 0 Å². The van der Waals surface area contributed by atoms with Crippen LogP contribution in [0.25, 0.3) is 0 Å². The summed E-state index contributed by atoms with van der Waals surface area (Å²) in [4.78, 5) is 37.8. The molecule has 7 heteroatoms. The lowest BCUT2D eigenvalue weighted by atomic mass is 10.1. The van der Waals surface area contributed by atoms with Gasteiger partial charge in [0.05, 0.1) is 4.92 Å². The zero-order chi connectivity index (χ0) is 16.9. The van der Waals surface area contributed by atoms with Gasteiger partial charge in [-0.2, -0.15) is 0 Å². The number of benzene rings is 1. The maximum Gasteiger partial charge on any atom is 0.273 e. The maximum atomic E-state index is 12.6. The van der Waals surface area contributed by atoms with Crippen molar-refractivity contribution in [3.8, 4) is 0 Å². The molecule has 0 aliphatic rings. The molecule has 1 aromatic rings. The predicted molar refractivity (Wildman–Crippen MR) is 82.7 cm³/mol. The normalized spacial score (nSPS) is 10.2. The molecule has 0 bridgehead atoms. The zero-order valence-corrected chi connectivity index (χ0v) is 13.3. The minimum atomic E-state index is -0.513. The monoisotopic (exact) mass is 307 g/mol. The van der Waals surface area contributed by atoms with E-state index < -0.39 is 4.92 Å². The molecular weight excluding hydrogens is 286 g/mol. The molecule has 0 atom stereocenters. The summed E-state index contributed by atoms with van der Waals surface area (Å²) in [6.07, 6.45) is 0.695. The van der Waals surface area contributed by atoms with E-state index >= 15 is 0 Å². The van der Waals surface area contributed by atoms with Crippen LogP contribution in [0.4, 0.5) is 5.69 Å². The van der Waals surface area contributed by atoms with Crippen LogP contribution in [-0.2, 0) is 4.79 Å². The third-order valence-electron chi connectivity index (χ3n) is 3.34. The van der Waals surface area contributed by atoms with Crippen molar-refractivity contribution in [2.24, 2.45) is 0 Å². The number of hydrogen-bond acceptors (Lipinski definition) is 4. The molecule has 0 unspecified atom stereocenters. The van der Waals surface area contributed by atoms with E-state index in [1.165, 1.54) is 21.9 Å². The highest BCUT2D eigenvalue weighted by molar-refractivity contribution is 5.98. The van der Waals surface area contributed by atoms with Crippen LogP contribution in [0.3, 0.4) is 0 Å². The number of carbonyl (C=O) groups is 2. The fraction of sp³-hybridized carbons (Fsp3) is 0.467. The minimum Gasteiger partial charge on any atom is -0.347 e. The van der Waals surface area contributed by atoms with Gasteiger partial charge in [0.1, 0.15) is 6.54 Å². The van der Waals surface area contributed by atoms with Gasteiger partial charge < -0.3 is 9.80 Å². The Morgan fingerprint density at radius 1 is 1.27 bits per heavy atom. The SMILES string of the molecule is CCCN(CC(=O)N(C)C)C(=O)c1cccc([N+](=O)[O-])c1C. The van der Waals surface area contributed by atoms with E-state index in [9.17, 15) is 19.7 Å². The van der Waals surface area contributed by atoms with E-state index in [4.69, 9.17) is 0 Å². The van der Waals surface area contributed by atoms with Gasteiger partial charge in [0.2, 0.25) is 5.91 Å². The third kappa shape index (κ3) is 4.03. The fourth-order valence-corrected chi connectivity index (χ4v) is 2.05. The maximum absolute atomic E-state index is 12.6. The lowest BCUT2D eigenvalue weighted by molar-refractivity contribution is -0.385. The second-order valence-corrected chi connectivity index (χ2v) is 5.22. The molecule has 0 heterocycles. The highest BCUT2D eigenvalue weighted by Crippen LogP contribution is 2.22. The lowest BCUT2D eigenvalue weighted by Gasteiger charge is -2.24. The van der Waals surface area contributed by atoms with Crippen LogP contribution in [0.2, 0.25) is 0 Å². The molecule has 0 radical (unpaired) electrons. The molecule has 120 valence electrons. The number of amides is 2. The third-order valence-corrected chi connectivity index (χ3v) is 3.34. The molecule has 0 aliphatic carbocycles. The van der Waals surface area contributed by atoms with Crippen molar-refractivity contribution in [1.82, 2.24) is 9.80 Å². The molecular formula is C15H21N3O4. The van der Waals surface area contributed by atoms with E-state index in [-0.39, 0.29) is 29.6 Å². The largest absolute Gasteiger partial charge is 0.347 e. The Bertz CT molecular complexity index is 584. The summed E-state index contributed by atoms with van der Waals surface area (Å²) < 4.78 is 0. The number of nitro groups is 1. The summed E-state index contributed by atoms with van der Waals surface area (Å²) in [5.74, 6) is -0.553. The summed E-state index contributed by atoms with van der Waals surface area (Å²) in [6.45, 7) is 3.83. The Morgan fingerprint density at radius 2 is 1.91 bits per heavy atom. The van der Waals surface area contributed by atoms with Gasteiger partial charge in [-0.1, -0.05) is 13.0 Å². The highest BCUT2D eigenvalue weighted by atomic mass is 16.6. The summed E-state index contributed by atoms with van der Waals surface area (Å²) >= 11 is 0. The van der Waals surface area contributed by atoms with Crippen LogP contribution in [0.5, 0.6) is 0 Å². The Balaban J connectivity index is 3.12. The second kappa shape index (κ2) is 7.53. The number of nitro benzene ring substituents is 1. The number of hydrogen-bond donors (Lipinski definition) is 0. The van der Waals surface area contributed by atoms with Gasteiger partial charge in [0, 0.05) is 37.8 Å². The summed E-state index contributed by atoms with van der Waals surface area (Å²) in [7, 11) is 3.24. The molecule has 1 rings (SSSR count). The molecule has 0 spiro atoms. The van der Waals surface area contributed by atoms with E-state index in [0.717, 1.165) is 0 Å². The molecule has 0 fully saturated rings. The molecule has 0 N–H and O–H groups in total. The molecule has 0 aromatic heterocycles. The first kappa shape index (κ1) is 17.6. The van der Waals surface area contributed by atoms with E-state index in [1.54, 1.807) is 27.1 Å². The van der Waals surface area contributed by atoms with Crippen molar-refractivity contribution < 1.29 is 14.5 Å². The van der Waals surface area contributed by atoms with E-state index in [1.807, 2.05) is 6.92 Å². The van der Waals surface area contributed by atoms with Crippen LogP contribution in [0, 0.1) is 17.0 Å². The Labute approximate surface area is 129 Å². The standard InChI is InChI=1S/C15H21N3O4/c1-5-9-17(10-14(19)16(3)4)15(20)12-7-6-8-13(11(12)2)18(21)22/h6-8H,5,9-10H2,1-4H3. The Hall–Kier alpha value is -2.44. The van der Waals surface area contributed by atoms with Crippen molar-refractivity contribution in [3.63, 3.8) is 0 Å². The molecule has 22 heavy (non-hydrogen) atoms. The van der Waals surface area contributed by atoms with Crippen LogP contribution >= 0.6 is 0 Å². The quantitative estimate of drug-likeness (QED) is 0.593. The van der Waals surface area contributed by atoms with Gasteiger partial charge in [-0.05, 0) is 19.4 Å². The molecule has 0 saturated heterocycles. The number of likely N-dealkylation sites (N-methyl/N-ethyl adjacent to an activating group) is 1. The van der Waals surface area contributed by atoms with Crippen molar-refractivity contribution in [2.45, 2.75) is 20.3 Å². The molecule has 0 saturated carbocycles. The van der Waals surface area contributed by atoms with Crippen LogP contribution in [0.15, 0.2) is 18.2 Å². The average Bonchev–Trinajstić information content (AvgIpc) is 2.45. The first-order valence-electron chi connectivity index (χ1n) is 7.03. The smallest absolute Gasteiger partial charge is 0.273 e. The van der Waals surface area contributed by atoms with E-state index in [0.29, 0.717) is 18.5 Å². The molecule has 1 aromatic carbocycles. The van der Waals surface area contributed by atoms with Crippen molar-refractivity contribution in [2.75, 3.05) is 27.2 Å². The van der Waals surface area contributed by atoms with Gasteiger partial charge >= 0.3 is 0 Å². The van der Waals surface area contributed by atoms with Gasteiger partial charge in [-0.25, -0.2) is 0 Å². The van der Waals surface area contributed by atoms with Crippen molar-refractivity contribution in [3.05, 3.63) is 39.4 Å². The number of carbonyl (C=O) groups excluding carboxylic acids is 2. The number of rotatable bonds is 6. The summed E-state index contributed by atoms with van der Waals surface area (Å²) in [5, 5.41) is 11.0. The van der Waals surface area contributed by atoms with Crippen molar-refractivity contribution in [1.29, 1.82) is 0 Å². The predicted octanol–water partition coefficient (Wildman–Crippen LogP) is 1.84. The van der Waals surface area contributed by atoms with Crippen LogP contribution in [-0.4, -0.2) is 53.7 Å². The topological polar surface area (TPSA) is 83.8 Å². The van der Waals surface area contributed by atoms with Crippen LogP contribution < -0.4 is 0 Å². The fourth-order valence-electron chi connectivity index (χ4n) is 2.05. The van der Waals surface area contributed by atoms with Crippen LogP contribution in [0.1, 0.15) is 29.3 Å². The summed E-state index contributed by atoms with van der Waals surface area (Å²) in [5.41, 5.74) is 0.478. The van der Waals surface area contributed by atoms with Gasteiger partial charge in [-0.3, -0.25) is 19.7 Å². The average molecular weight is 307 g/mol. The molecule has 7 nitrogen and oxygen atoms in total. The highest BCUT2D eigenvalue weighted by Gasteiger charge is 2.23. The number of nitrogens with zero attached hydrogens (tertiary/aromatic N) is 3. The minimum absolute atomic E-state index is 0.0399. The lowest BCUT2D eigenvalue weighted by Crippen LogP contribution is -2.41. The second-order valence-electron chi connectivity index (χ2n) is 5.22. The van der Waals surface area contributed by atoms with Crippen molar-refractivity contribution >= 4 is 17.5 Å². The molecule has 2 amide bonds. The van der Waals surface area contributed by atoms with Gasteiger partial charge in [0.25, 0.3) is 11.6 Å². The Morgan fingerprint density at radius 3 is 2.41 bits per heavy atom. The Kier molecular flexibility index (Phi) is 6.03. The van der Waals surface area contributed by atoms with Gasteiger partial charge in [-0.15, -0.1) is 0 Å².